The van der Waals surface area contributed by atoms with Crippen molar-refractivity contribution in [3.63, 3.8) is 0 Å². The van der Waals surface area contributed by atoms with Crippen LogP contribution in [0.2, 0.25) is 0 Å². The first-order valence-electron chi connectivity index (χ1n) is 6.20. The first kappa shape index (κ1) is 12.7. The van der Waals surface area contributed by atoms with E-state index in [2.05, 4.69) is 6.07 Å². The summed E-state index contributed by atoms with van der Waals surface area (Å²) in [6, 6.07) is 11.4. The summed E-state index contributed by atoms with van der Waals surface area (Å²) in [4.78, 5) is 13.4. The number of benzene rings is 1. The molecule has 0 spiro atoms. The van der Waals surface area contributed by atoms with Crippen molar-refractivity contribution in [2.24, 2.45) is 0 Å². The van der Waals surface area contributed by atoms with Gasteiger partial charge in [-0.2, -0.15) is 5.26 Å². The Labute approximate surface area is 107 Å². The third-order valence-corrected chi connectivity index (χ3v) is 3.21. The Hall–Kier alpha value is -1.70. The van der Waals surface area contributed by atoms with E-state index in [0.717, 1.165) is 18.7 Å². The van der Waals surface area contributed by atoms with Crippen molar-refractivity contribution in [2.45, 2.75) is 5.92 Å². The molecule has 1 fully saturated rings. The van der Waals surface area contributed by atoms with Gasteiger partial charge in [-0.15, -0.1) is 0 Å². The SMILES string of the molecule is N#C[C@H](C(=O)C[NH+]1CCOCC1)c1ccccc1. The van der Waals surface area contributed by atoms with Crippen molar-refractivity contribution in [3.8, 4) is 6.07 Å². The highest BCUT2D eigenvalue weighted by molar-refractivity contribution is 5.89. The number of morpholine rings is 1. The standard InChI is InChI=1S/C14H16N2O2/c15-10-13(12-4-2-1-3-5-12)14(17)11-16-6-8-18-9-7-16/h1-5,13H,6-9,11H2/p+1/t13-/m0/s1. The van der Waals surface area contributed by atoms with Crippen LogP contribution < -0.4 is 4.90 Å². The molecule has 18 heavy (non-hydrogen) atoms. The molecule has 2 rings (SSSR count). The molecule has 1 aromatic rings. The maximum atomic E-state index is 12.2. The third kappa shape index (κ3) is 3.16. The molecule has 1 N–H and O–H groups in total. The molecule has 0 amide bonds. The Morgan fingerprint density at radius 3 is 2.61 bits per heavy atom. The smallest absolute Gasteiger partial charge is 0.208 e. The Balaban J connectivity index is 2.00. The van der Waals surface area contributed by atoms with E-state index in [1.807, 2.05) is 30.3 Å². The molecule has 0 radical (unpaired) electrons. The van der Waals surface area contributed by atoms with Crippen molar-refractivity contribution in [2.75, 3.05) is 32.8 Å². The topological polar surface area (TPSA) is 54.5 Å². The summed E-state index contributed by atoms with van der Waals surface area (Å²) in [7, 11) is 0. The van der Waals surface area contributed by atoms with Crippen molar-refractivity contribution in [1.82, 2.24) is 0 Å². The number of nitrogens with zero attached hydrogens (tertiary/aromatic N) is 1. The minimum Gasteiger partial charge on any atom is -0.370 e. The van der Waals surface area contributed by atoms with E-state index in [-0.39, 0.29) is 5.78 Å². The lowest BCUT2D eigenvalue weighted by atomic mass is 9.96. The van der Waals surface area contributed by atoms with Crippen LogP contribution in [0.4, 0.5) is 0 Å². The van der Waals surface area contributed by atoms with Gasteiger partial charge in [-0.25, -0.2) is 0 Å². The number of ether oxygens (including phenoxy) is 1. The summed E-state index contributed by atoms with van der Waals surface area (Å²) in [6.07, 6.45) is 0. The molecule has 1 saturated heterocycles. The summed E-state index contributed by atoms with van der Waals surface area (Å²) >= 11 is 0. The highest BCUT2D eigenvalue weighted by Gasteiger charge is 2.25. The number of ketones is 1. The lowest BCUT2D eigenvalue weighted by Gasteiger charge is -2.23. The van der Waals surface area contributed by atoms with Crippen molar-refractivity contribution >= 4 is 5.78 Å². The van der Waals surface area contributed by atoms with Crippen LogP contribution in [-0.4, -0.2) is 38.6 Å². The van der Waals surface area contributed by atoms with Gasteiger partial charge in [0, 0.05) is 0 Å². The monoisotopic (exact) mass is 245 g/mol. The molecule has 1 atom stereocenters. The van der Waals surface area contributed by atoms with Gasteiger partial charge < -0.3 is 9.64 Å². The van der Waals surface area contributed by atoms with Crippen LogP contribution in [0, 0.1) is 11.3 Å². The van der Waals surface area contributed by atoms with E-state index in [4.69, 9.17) is 4.74 Å². The molecule has 0 saturated carbocycles. The number of carbonyl (C=O) groups is 1. The fourth-order valence-electron chi connectivity index (χ4n) is 2.16. The average Bonchev–Trinajstić information content (AvgIpc) is 2.42. The van der Waals surface area contributed by atoms with Gasteiger partial charge in [-0.1, -0.05) is 30.3 Å². The van der Waals surface area contributed by atoms with Gasteiger partial charge in [-0.3, -0.25) is 4.79 Å². The Kier molecular flexibility index (Phi) is 4.46. The highest BCUT2D eigenvalue weighted by atomic mass is 16.5. The normalized spacial score (nSPS) is 17.9. The third-order valence-electron chi connectivity index (χ3n) is 3.21. The molecule has 1 aliphatic rings. The van der Waals surface area contributed by atoms with Crippen LogP contribution in [0.1, 0.15) is 11.5 Å². The number of quaternary nitrogens is 1. The number of rotatable bonds is 4. The fourth-order valence-corrected chi connectivity index (χ4v) is 2.16. The zero-order chi connectivity index (χ0) is 12.8. The van der Waals surface area contributed by atoms with Gasteiger partial charge >= 0.3 is 0 Å². The lowest BCUT2D eigenvalue weighted by molar-refractivity contribution is -0.900. The molecular formula is C14H17N2O2+. The first-order chi connectivity index (χ1) is 8.81. The Bertz CT molecular complexity index is 433. The van der Waals surface area contributed by atoms with Crippen molar-refractivity contribution in [3.05, 3.63) is 35.9 Å². The second kappa shape index (κ2) is 6.29. The van der Waals surface area contributed by atoms with E-state index in [1.165, 1.54) is 4.90 Å². The summed E-state index contributed by atoms with van der Waals surface area (Å²) in [5.41, 5.74) is 0.789. The van der Waals surface area contributed by atoms with Crippen LogP contribution in [-0.2, 0) is 9.53 Å². The number of hydrogen-bond donors (Lipinski definition) is 1. The summed E-state index contributed by atoms with van der Waals surface area (Å²) < 4.78 is 5.26. The van der Waals surface area contributed by atoms with Gasteiger partial charge in [0.25, 0.3) is 0 Å². The Morgan fingerprint density at radius 1 is 1.33 bits per heavy atom. The largest absolute Gasteiger partial charge is 0.370 e. The molecule has 1 heterocycles. The second-order valence-electron chi connectivity index (χ2n) is 4.48. The molecule has 0 aliphatic carbocycles. The minimum atomic E-state index is -0.637. The zero-order valence-corrected chi connectivity index (χ0v) is 10.3. The highest BCUT2D eigenvalue weighted by Crippen LogP contribution is 2.14. The van der Waals surface area contributed by atoms with Crippen LogP contribution in [0.3, 0.4) is 0 Å². The maximum absolute atomic E-state index is 12.2. The summed E-state index contributed by atoms with van der Waals surface area (Å²) in [5.74, 6) is -0.637. The minimum absolute atomic E-state index is 0.000556. The van der Waals surface area contributed by atoms with E-state index < -0.39 is 5.92 Å². The summed E-state index contributed by atoms with van der Waals surface area (Å²) in [5, 5.41) is 9.17. The van der Waals surface area contributed by atoms with Crippen LogP contribution in [0.15, 0.2) is 30.3 Å². The number of carbonyl (C=O) groups excluding carboxylic acids is 1. The average molecular weight is 245 g/mol. The molecule has 0 aromatic heterocycles. The van der Waals surface area contributed by atoms with Crippen LogP contribution in [0.25, 0.3) is 0 Å². The number of Topliss-reactive ketones (excluding diaryl/α,β-unsaturated/α-hetero) is 1. The van der Waals surface area contributed by atoms with E-state index in [1.54, 1.807) is 0 Å². The van der Waals surface area contributed by atoms with Gasteiger partial charge in [-0.05, 0) is 5.56 Å². The lowest BCUT2D eigenvalue weighted by Crippen LogP contribution is -3.15. The van der Waals surface area contributed by atoms with E-state index in [0.29, 0.717) is 19.8 Å². The van der Waals surface area contributed by atoms with E-state index >= 15 is 0 Å². The maximum Gasteiger partial charge on any atom is 0.208 e. The van der Waals surface area contributed by atoms with Gasteiger partial charge in [0.1, 0.15) is 25.6 Å². The van der Waals surface area contributed by atoms with Gasteiger partial charge in [0.05, 0.1) is 19.3 Å². The predicted octanol–water partition coefficient (Wildman–Crippen LogP) is -0.222. The molecule has 4 nitrogen and oxygen atoms in total. The predicted molar refractivity (Wildman–Crippen MR) is 66.2 cm³/mol. The zero-order valence-electron chi connectivity index (χ0n) is 10.3. The molecule has 4 heteroatoms. The van der Waals surface area contributed by atoms with E-state index in [9.17, 15) is 10.1 Å². The number of hydrogen-bond acceptors (Lipinski definition) is 3. The van der Waals surface area contributed by atoms with Crippen molar-refractivity contribution in [1.29, 1.82) is 5.26 Å². The fraction of sp³-hybridized carbons (Fsp3) is 0.429. The van der Waals surface area contributed by atoms with Gasteiger partial charge in [0.2, 0.25) is 5.78 Å². The Morgan fingerprint density at radius 2 is 2.00 bits per heavy atom. The molecule has 94 valence electrons. The first-order valence-corrected chi connectivity index (χ1v) is 6.20. The number of nitrogens with one attached hydrogen (secondary N) is 1. The molecule has 0 unspecified atom stereocenters. The van der Waals surface area contributed by atoms with Crippen LogP contribution in [0.5, 0.6) is 0 Å². The number of nitriles is 1. The quantitative estimate of drug-likeness (QED) is 0.798. The van der Waals surface area contributed by atoms with Gasteiger partial charge in [0.15, 0.2) is 0 Å². The van der Waals surface area contributed by atoms with Crippen molar-refractivity contribution < 1.29 is 14.4 Å². The second-order valence-corrected chi connectivity index (χ2v) is 4.48. The van der Waals surface area contributed by atoms with Crippen LogP contribution >= 0.6 is 0 Å². The molecular weight excluding hydrogens is 228 g/mol. The molecule has 0 bridgehead atoms. The molecule has 1 aromatic carbocycles. The summed E-state index contributed by atoms with van der Waals surface area (Å²) in [6.45, 7) is 3.50. The molecule has 1 aliphatic heterocycles.